The van der Waals surface area contributed by atoms with Gasteiger partial charge in [0.2, 0.25) is 0 Å². The first kappa shape index (κ1) is 28.0. The number of amides is 1. The number of fused-ring (bicyclic) bond motifs is 2. The van der Waals surface area contributed by atoms with Crippen LogP contribution in [0.4, 0.5) is 4.79 Å². The number of aromatic nitrogens is 1. The molecule has 2 saturated heterocycles. The Labute approximate surface area is 227 Å². The number of nitrogens with zero attached hydrogens (tertiary/aromatic N) is 3. The zero-order valence-corrected chi connectivity index (χ0v) is 23.1. The molecule has 0 bridgehead atoms. The fraction of sp³-hybridized carbons (Fsp3) is 0.536. The molecule has 9 nitrogen and oxygen atoms in total. The molecule has 2 aromatic rings. The lowest BCUT2D eigenvalue weighted by Crippen LogP contribution is -2.49. The Morgan fingerprint density at radius 1 is 1.08 bits per heavy atom. The number of aliphatic carboxylic acids is 2. The van der Waals surface area contributed by atoms with Gasteiger partial charge < -0.3 is 29.3 Å². The van der Waals surface area contributed by atoms with E-state index in [-0.39, 0.29) is 6.09 Å². The van der Waals surface area contributed by atoms with Gasteiger partial charge in [0.15, 0.2) is 0 Å². The first-order valence-corrected chi connectivity index (χ1v) is 14.3. The molecule has 206 valence electrons. The molecule has 1 aromatic carbocycles. The quantitative estimate of drug-likeness (QED) is 0.426. The molecule has 2 fully saturated rings. The third kappa shape index (κ3) is 6.02. The van der Waals surface area contributed by atoms with Crippen LogP contribution in [0.3, 0.4) is 0 Å². The molecule has 1 amide bonds. The number of piperidine rings is 2. The van der Waals surface area contributed by atoms with Crippen LogP contribution in [0.25, 0.3) is 10.9 Å². The minimum Gasteiger partial charge on any atom is -0.478 e. The molecule has 0 spiro atoms. The van der Waals surface area contributed by atoms with Crippen LogP contribution in [0, 0.1) is 5.92 Å². The van der Waals surface area contributed by atoms with Crippen molar-refractivity contribution in [3.63, 3.8) is 0 Å². The lowest BCUT2D eigenvalue weighted by Gasteiger charge is -2.45. The average Bonchev–Trinajstić information content (AvgIpc) is 3.19. The summed E-state index contributed by atoms with van der Waals surface area (Å²) in [5.74, 6) is -1.61. The molecule has 2 N–H and O–H groups in total. The topological polar surface area (TPSA) is 112 Å². The number of carbonyl (C=O) groups excluding carboxylic acids is 1. The SMILES string of the molecule is CSc1c2c3c(cccc3n1C)C1C[C@@H](COC(=O)N3CCCCC3)CN(C)[C@@H]1C2.O=C(O)/C=C\C(=O)O. The highest BCUT2D eigenvalue weighted by molar-refractivity contribution is 7.98. The van der Waals surface area contributed by atoms with Crippen LogP contribution in [-0.2, 0) is 27.8 Å². The number of carboxylic acids is 2. The lowest BCUT2D eigenvalue weighted by molar-refractivity contribution is -0.134. The number of rotatable bonds is 5. The lowest BCUT2D eigenvalue weighted by atomic mass is 9.72. The second-order valence-corrected chi connectivity index (χ2v) is 11.1. The highest BCUT2D eigenvalue weighted by atomic mass is 32.2. The van der Waals surface area contributed by atoms with Crippen molar-refractivity contribution in [1.29, 1.82) is 0 Å². The van der Waals surface area contributed by atoms with Gasteiger partial charge in [-0.05, 0) is 62.6 Å². The van der Waals surface area contributed by atoms with Crippen LogP contribution < -0.4 is 0 Å². The predicted molar refractivity (Wildman–Crippen MR) is 147 cm³/mol. The minimum atomic E-state index is -1.26. The van der Waals surface area contributed by atoms with Crippen LogP contribution in [0.1, 0.15) is 42.7 Å². The molecule has 0 saturated carbocycles. The molecule has 0 radical (unpaired) electrons. The summed E-state index contributed by atoms with van der Waals surface area (Å²) < 4.78 is 8.15. The van der Waals surface area contributed by atoms with Crippen LogP contribution in [-0.4, -0.2) is 88.2 Å². The Balaban J connectivity index is 0.000000368. The molecule has 3 atom stereocenters. The number of carbonyl (C=O) groups is 3. The van der Waals surface area contributed by atoms with Crippen molar-refractivity contribution in [2.45, 2.75) is 49.1 Å². The van der Waals surface area contributed by atoms with Crippen LogP contribution in [0.2, 0.25) is 0 Å². The van der Waals surface area contributed by atoms with Crippen molar-refractivity contribution < 1.29 is 29.3 Å². The second kappa shape index (κ2) is 12.3. The number of thioether (sulfide) groups is 1. The number of hydrogen-bond acceptors (Lipinski definition) is 6. The minimum absolute atomic E-state index is 0.111. The van der Waals surface area contributed by atoms with E-state index in [9.17, 15) is 14.4 Å². The maximum Gasteiger partial charge on any atom is 0.409 e. The first-order chi connectivity index (χ1) is 18.2. The normalized spacial score (nSPS) is 23.0. The van der Waals surface area contributed by atoms with Gasteiger partial charge in [-0.2, -0.15) is 0 Å². The number of hydrogen-bond donors (Lipinski definition) is 2. The number of ether oxygens (including phenoxy) is 1. The van der Waals surface area contributed by atoms with Gasteiger partial charge in [0.25, 0.3) is 0 Å². The van der Waals surface area contributed by atoms with E-state index < -0.39 is 11.9 Å². The maximum atomic E-state index is 12.5. The van der Waals surface area contributed by atoms with E-state index in [1.54, 1.807) is 0 Å². The third-order valence-corrected chi connectivity index (χ3v) is 8.80. The fourth-order valence-electron chi connectivity index (χ4n) is 6.25. The van der Waals surface area contributed by atoms with Crippen molar-refractivity contribution in [1.82, 2.24) is 14.4 Å². The van der Waals surface area contributed by atoms with Crippen LogP contribution >= 0.6 is 11.8 Å². The second-order valence-electron chi connectivity index (χ2n) is 10.3. The molecule has 1 aromatic heterocycles. The smallest absolute Gasteiger partial charge is 0.409 e. The number of carboxylic acid groups (broad SMARTS) is 2. The number of likely N-dealkylation sites (N-methyl/N-ethyl adjacent to an activating group) is 1. The summed E-state index contributed by atoms with van der Waals surface area (Å²) in [6.07, 6.45) is 8.85. The molecule has 1 aliphatic carbocycles. The van der Waals surface area contributed by atoms with Gasteiger partial charge in [-0.15, -0.1) is 11.8 Å². The van der Waals surface area contributed by atoms with Gasteiger partial charge in [0, 0.05) is 67.6 Å². The highest BCUT2D eigenvalue weighted by Gasteiger charge is 2.41. The average molecular weight is 544 g/mol. The maximum absolute atomic E-state index is 12.5. The van der Waals surface area contributed by atoms with Crippen LogP contribution in [0.15, 0.2) is 35.4 Å². The Kier molecular flexibility index (Phi) is 9.04. The molecule has 3 aliphatic rings. The van der Waals surface area contributed by atoms with Gasteiger partial charge in [-0.3, -0.25) is 0 Å². The summed E-state index contributed by atoms with van der Waals surface area (Å²) in [7, 11) is 4.45. The summed E-state index contributed by atoms with van der Waals surface area (Å²) in [4.78, 5) is 36.0. The molecule has 1 unspecified atom stereocenters. The highest BCUT2D eigenvalue weighted by Crippen LogP contribution is 2.47. The summed E-state index contributed by atoms with van der Waals surface area (Å²) in [5.41, 5.74) is 4.37. The number of aryl methyl sites for hydroxylation is 1. The van der Waals surface area contributed by atoms with E-state index in [0.29, 0.717) is 36.6 Å². The standard InChI is InChI=1S/C24H33N3O2S.C4H4O4/c1-25-14-16(15-29-24(28)27-10-5-4-6-11-27)12-18-17-8-7-9-20-22(17)19(13-21(18)25)23(30-3)26(20)2;5-3(6)1-2-4(7)8/h7-9,16,18,21H,4-6,10-15H2,1-3H3;1-2H,(H,5,6)(H,7,8)/b;2-1-/t16-,18?,21-;/m1./s1. The van der Waals surface area contributed by atoms with Gasteiger partial charge >= 0.3 is 18.0 Å². The van der Waals surface area contributed by atoms with E-state index in [1.807, 2.05) is 16.7 Å². The molecule has 38 heavy (non-hydrogen) atoms. The fourth-order valence-corrected chi connectivity index (χ4v) is 7.05. The van der Waals surface area contributed by atoms with E-state index in [2.05, 4.69) is 48.0 Å². The van der Waals surface area contributed by atoms with Gasteiger partial charge in [-0.25, -0.2) is 14.4 Å². The summed E-state index contributed by atoms with van der Waals surface area (Å²) in [6.45, 7) is 3.24. The summed E-state index contributed by atoms with van der Waals surface area (Å²) in [6, 6.07) is 7.34. The van der Waals surface area contributed by atoms with Crippen molar-refractivity contribution >= 4 is 40.7 Å². The summed E-state index contributed by atoms with van der Waals surface area (Å²) >= 11 is 1.86. The zero-order chi connectivity index (χ0) is 27.4. The largest absolute Gasteiger partial charge is 0.478 e. The Morgan fingerprint density at radius 3 is 2.39 bits per heavy atom. The third-order valence-electron chi connectivity index (χ3n) is 7.90. The van der Waals surface area contributed by atoms with E-state index in [1.165, 1.54) is 33.5 Å². The Morgan fingerprint density at radius 2 is 1.76 bits per heavy atom. The first-order valence-electron chi connectivity index (χ1n) is 13.1. The zero-order valence-electron chi connectivity index (χ0n) is 22.3. The van der Waals surface area contributed by atoms with Crippen LogP contribution in [0.5, 0.6) is 0 Å². The molecule has 5 rings (SSSR count). The molecule has 10 heteroatoms. The monoisotopic (exact) mass is 543 g/mol. The predicted octanol–water partition coefficient (Wildman–Crippen LogP) is 4.19. The summed E-state index contributed by atoms with van der Waals surface area (Å²) in [5, 5.41) is 18.5. The van der Waals surface area contributed by atoms with E-state index in [4.69, 9.17) is 14.9 Å². The molecular formula is C28H37N3O6S. The van der Waals surface area contributed by atoms with E-state index >= 15 is 0 Å². The van der Waals surface area contributed by atoms with E-state index in [0.717, 1.165) is 45.3 Å². The van der Waals surface area contributed by atoms with Gasteiger partial charge in [0.05, 0.1) is 11.6 Å². The van der Waals surface area contributed by atoms with Gasteiger partial charge in [0.1, 0.15) is 0 Å². The van der Waals surface area contributed by atoms with Crippen molar-refractivity contribution in [3.05, 3.63) is 41.5 Å². The number of likely N-dealkylation sites (tertiary alicyclic amines) is 2. The Hall–Kier alpha value is -2.98. The molecule has 3 heterocycles. The van der Waals surface area contributed by atoms with Crippen molar-refractivity contribution in [2.24, 2.45) is 13.0 Å². The van der Waals surface area contributed by atoms with Gasteiger partial charge in [-0.1, -0.05) is 12.1 Å². The van der Waals surface area contributed by atoms with Crippen molar-refractivity contribution in [3.8, 4) is 0 Å². The Bertz CT molecular complexity index is 1200. The molecular weight excluding hydrogens is 506 g/mol. The molecule has 2 aliphatic heterocycles. The number of benzene rings is 1. The van der Waals surface area contributed by atoms with Crippen molar-refractivity contribution in [2.75, 3.05) is 39.5 Å².